The Morgan fingerprint density at radius 1 is 1.55 bits per heavy atom. The van der Waals surface area contributed by atoms with E-state index in [2.05, 4.69) is 0 Å². The number of rotatable bonds is 2. The normalized spacial score (nSPS) is 30.9. The molecule has 2 heterocycles. The van der Waals surface area contributed by atoms with Gasteiger partial charge in [-0.15, -0.1) is 0 Å². The number of hydrogen-bond donors (Lipinski definition) is 3. The summed E-state index contributed by atoms with van der Waals surface area (Å²) in [5.74, 6) is 3.77. The molecule has 2 rings (SSSR count). The van der Waals surface area contributed by atoms with Gasteiger partial charge >= 0.3 is 5.69 Å². The van der Waals surface area contributed by atoms with Crippen LogP contribution in [0, 0.1) is 18.8 Å². The van der Waals surface area contributed by atoms with Crippen LogP contribution in [-0.4, -0.2) is 50.9 Å². The molecule has 1 saturated heterocycles. The van der Waals surface area contributed by atoms with Crippen molar-refractivity contribution in [2.45, 2.75) is 31.0 Å². The van der Waals surface area contributed by atoms with Crippen molar-refractivity contribution in [2.75, 3.05) is 13.3 Å². The first kappa shape index (κ1) is 16.4. The van der Waals surface area contributed by atoms with Crippen molar-refractivity contribution in [1.29, 1.82) is 0 Å². The SMILES string of the molecule is Cc1cc(=O)[nH]c(=O)n1C1OC(CO)[C@H](O)C1(F)C#CCF. The monoisotopic (exact) mass is 316 g/mol. The molecule has 1 fully saturated rings. The van der Waals surface area contributed by atoms with Crippen LogP contribution in [0.4, 0.5) is 8.78 Å². The summed E-state index contributed by atoms with van der Waals surface area (Å²) >= 11 is 0. The molecular weight excluding hydrogens is 302 g/mol. The van der Waals surface area contributed by atoms with Crippen molar-refractivity contribution >= 4 is 0 Å². The van der Waals surface area contributed by atoms with E-state index in [0.717, 1.165) is 10.6 Å². The Bertz CT molecular complexity index is 734. The van der Waals surface area contributed by atoms with Crippen LogP contribution >= 0.6 is 0 Å². The molecule has 1 aromatic heterocycles. The third kappa shape index (κ3) is 2.56. The number of nitrogens with zero attached hydrogens (tertiary/aromatic N) is 1. The average molecular weight is 316 g/mol. The lowest BCUT2D eigenvalue weighted by atomic mass is 9.96. The second-order valence-corrected chi connectivity index (χ2v) is 4.81. The van der Waals surface area contributed by atoms with Gasteiger partial charge < -0.3 is 14.9 Å². The van der Waals surface area contributed by atoms with E-state index in [1.54, 1.807) is 0 Å². The lowest BCUT2D eigenvalue weighted by molar-refractivity contribution is -0.0552. The fourth-order valence-corrected chi connectivity index (χ4v) is 2.36. The number of H-pyrrole nitrogens is 1. The summed E-state index contributed by atoms with van der Waals surface area (Å²) in [6, 6.07) is 1.03. The van der Waals surface area contributed by atoms with Crippen molar-refractivity contribution < 1.29 is 23.7 Å². The van der Waals surface area contributed by atoms with E-state index in [9.17, 15) is 19.1 Å². The molecule has 120 valence electrons. The second kappa shape index (κ2) is 6.00. The van der Waals surface area contributed by atoms with Crippen LogP contribution < -0.4 is 11.2 Å². The summed E-state index contributed by atoms with van der Waals surface area (Å²) < 4.78 is 33.2. The minimum Gasteiger partial charge on any atom is -0.394 e. The standard InChI is InChI=1S/C13H14F2N2O5/c1-7-5-9(19)16-12(21)17(7)11-13(15,3-2-4-14)10(20)8(6-18)22-11/h5,8,10-11,18,20H,4,6H2,1H3,(H,16,19,21)/t8?,10-,11?,13?/m0/s1. The number of hydrogen-bond acceptors (Lipinski definition) is 5. The van der Waals surface area contributed by atoms with Gasteiger partial charge in [-0.05, 0) is 6.92 Å². The zero-order valence-electron chi connectivity index (χ0n) is 11.5. The molecule has 3 unspecified atom stereocenters. The number of ether oxygens (including phenoxy) is 1. The summed E-state index contributed by atoms with van der Waals surface area (Å²) in [7, 11) is 0. The van der Waals surface area contributed by atoms with E-state index in [1.807, 2.05) is 16.8 Å². The second-order valence-electron chi connectivity index (χ2n) is 4.81. The van der Waals surface area contributed by atoms with Gasteiger partial charge in [0, 0.05) is 11.8 Å². The molecule has 22 heavy (non-hydrogen) atoms. The largest absolute Gasteiger partial charge is 0.394 e. The van der Waals surface area contributed by atoms with Gasteiger partial charge in [0.1, 0.15) is 18.9 Å². The third-order valence-corrected chi connectivity index (χ3v) is 3.38. The van der Waals surface area contributed by atoms with Crippen LogP contribution in [0.5, 0.6) is 0 Å². The number of nitrogens with one attached hydrogen (secondary N) is 1. The number of aliphatic hydroxyl groups is 2. The van der Waals surface area contributed by atoms with Crippen LogP contribution in [0.15, 0.2) is 15.7 Å². The lowest BCUT2D eigenvalue weighted by Crippen LogP contribution is -2.45. The highest BCUT2D eigenvalue weighted by Crippen LogP contribution is 2.40. The van der Waals surface area contributed by atoms with Crippen LogP contribution in [0.25, 0.3) is 0 Å². The highest BCUT2D eigenvalue weighted by Gasteiger charge is 2.58. The average Bonchev–Trinajstić information content (AvgIpc) is 2.69. The summed E-state index contributed by atoms with van der Waals surface area (Å²) in [5.41, 5.74) is -4.40. The summed E-state index contributed by atoms with van der Waals surface area (Å²) in [5, 5.41) is 19.1. The predicted molar refractivity (Wildman–Crippen MR) is 70.7 cm³/mol. The van der Waals surface area contributed by atoms with Crippen LogP contribution in [0.3, 0.4) is 0 Å². The number of aryl methyl sites for hydroxylation is 1. The Morgan fingerprint density at radius 2 is 2.23 bits per heavy atom. The fourth-order valence-electron chi connectivity index (χ4n) is 2.36. The van der Waals surface area contributed by atoms with Gasteiger partial charge in [-0.2, -0.15) is 0 Å². The Balaban J connectivity index is 2.62. The zero-order chi connectivity index (χ0) is 16.5. The van der Waals surface area contributed by atoms with E-state index >= 15 is 4.39 Å². The van der Waals surface area contributed by atoms with E-state index in [4.69, 9.17) is 9.84 Å². The first-order valence-electron chi connectivity index (χ1n) is 6.37. The van der Waals surface area contributed by atoms with Crippen molar-refractivity contribution in [2.24, 2.45) is 0 Å². The summed E-state index contributed by atoms with van der Waals surface area (Å²) in [4.78, 5) is 25.1. The maximum atomic E-state index is 15.1. The van der Waals surface area contributed by atoms with E-state index in [-0.39, 0.29) is 5.69 Å². The predicted octanol–water partition coefficient (Wildman–Crippen LogP) is -1.22. The van der Waals surface area contributed by atoms with Crippen molar-refractivity contribution in [3.8, 4) is 11.8 Å². The first-order chi connectivity index (χ1) is 10.3. The van der Waals surface area contributed by atoms with E-state index in [0.29, 0.717) is 0 Å². The van der Waals surface area contributed by atoms with Crippen LogP contribution in [-0.2, 0) is 4.74 Å². The van der Waals surface area contributed by atoms with Gasteiger partial charge in [-0.3, -0.25) is 14.3 Å². The molecule has 1 aliphatic heterocycles. The molecule has 0 spiro atoms. The Labute approximate surface area is 123 Å². The third-order valence-electron chi connectivity index (χ3n) is 3.38. The number of halogens is 2. The Morgan fingerprint density at radius 3 is 2.77 bits per heavy atom. The van der Waals surface area contributed by atoms with E-state index in [1.165, 1.54) is 6.92 Å². The smallest absolute Gasteiger partial charge is 0.330 e. The molecule has 9 heteroatoms. The van der Waals surface area contributed by atoms with Gasteiger partial charge in [0.05, 0.1) is 6.61 Å². The minimum atomic E-state index is -2.81. The molecule has 1 aromatic rings. The topological polar surface area (TPSA) is 105 Å². The number of alkyl halides is 2. The molecule has 0 saturated carbocycles. The van der Waals surface area contributed by atoms with Gasteiger partial charge in [-0.1, -0.05) is 11.8 Å². The molecular formula is C13H14F2N2O5. The van der Waals surface area contributed by atoms with Gasteiger partial charge in [0.2, 0.25) is 5.67 Å². The Hall–Kier alpha value is -2.02. The fraction of sp³-hybridized carbons (Fsp3) is 0.538. The zero-order valence-corrected chi connectivity index (χ0v) is 11.5. The molecule has 0 radical (unpaired) electrons. The van der Waals surface area contributed by atoms with Crippen LogP contribution in [0.2, 0.25) is 0 Å². The lowest BCUT2D eigenvalue weighted by Gasteiger charge is -2.25. The van der Waals surface area contributed by atoms with Crippen molar-refractivity contribution in [1.82, 2.24) is 9.55 Å². The van der Waals surface area contributed by atoms with E-state index < -0.39 is 48.6 Å². The highest BCUT2D eigenvalue weighted by atomic mass is 19.1. The highest BCUT2D eigenvalue weighted by molar-refractivity contribution is 5.24. The molecule has 3 N–H and O–H groups in total. The quantitative estimate of drug-likeness (QED) is 0.593. The number of aromatic nitrogens is 2. The minimum absolute atomic E-state index is 0.0635. The molecule has 0 aliphatic carbocycles. The van der Waals surface area contributed by atoms with Crippen molar-refractivity contribution in [3.05, 3.63) is 32.6 Å². The number of aromatic amines is 1. The molecule has 0 bridgehead atoms. The molecule has 4 atom stereocenters. The molecule has 7 nitrogen and oxygen atoms in total. The first-order valence-corrected chi connectivity index (χ1v) is 6.37. The summed E-state index contributed by atoms with van der Waals surface area (Å²) in [6.45, 7) is -0.520. The molecule has 0 amide bonds. The van der Waals surface area contributed by atoms with Gasteiger partial charge in [0.25, 0.3) is 5.56 Å². The van der Waals surface area contributed by atoms with Crippen LogP contribution in [0.1, 0.15) is 11.9 Å². The molecule has 0 aromatic carbocycles. The van der Waals surface area contributed by atoms with Gasteiger partial charge in [-0.25, -0.2) is 13.6 Å². The maximum absolute atomic E-state index is 15.1. The molecule has 1 aliphatic rings. The Kier molecular flexibility index (Phi) is 4.46. The summed E-state index contributed by atoms with van der Waals surface area (Å²) in [6.07, 6.45) is -4.97. The van der Waals surface area contributed by atoms with Crippen molar-refractivity contribution in [3.63, 3.8) is 0 Å². The maximum Gasteiger partial charge on any atom is 0.330 e. The van der Waals surface area contributed by atoms with Gasteiger partial charge in [0.15, 0.2) is 6.23 Å². The number of aliphatic hydroxyl groups excluding tert-OH is 2.